The number of rotatable bonds is 10. The summed E-state index contributed by atoms with van der Waals surface area (Å²) in [6, 6.07) is 5.28. The van der Waals surface area contributed by atoms with Gasteiger partial charge >= 0.3 is 0 Å². The Morgan fingerprint density at radius 1 is 1.43 bits per heavy atom. The molecular weight excluding hydrogens is 270 g/mol. The zero-order valence-electron chi connectivity index (χ0n) is 13.1. The van der Waals surface area contributed by atoms with Crippen molar-refractivity contribution >= 4 is 11.4 Å². The van der Waals surface area contributed by atoms with Crippen LogP contribution in [0.15, 0.2) is 18.2 Å². The molecule has 1 aromatic carbocycles. The molecule has 1 N–H and O–H groups in total. The van der Waals surface area contributed by atoms with E-state index in [9.17, 15) is 10.1 Å². The van der Waals surface area contributed by atoms with E-state index in [0.29, 0.717) is 5.69 Å². The summed E-state index contributed by atoms with van der Waals surface area (Å²) < 4.78 is 5.04. The van der Waals surface area contributed by atoms with Gasteiger partial charge in [0.1, 0.15) is 5.69 Å². The number of benzene rings is 1. The van der Waals surface area contributed by atoms with Crippen LogP contribution in [0.25, 0.3) is 0 Å². The molecule has 0 radical (unpaired) electrons. The molecule has 0 aromatic heterocycles. The topological polar surface area (TPSA) is 67.6 Å². The van der Waals surface area contributed by atoms with Gasteiger partial charge < -0.3 is 15.0 Å². The maximum atomic E-state index is 11.0. The fourth-order valence-corrected chi connectivity index (χ4v) is 2.11. The van der Waals surface area contributed by atoms with Gasteiger partial charge in [-0.15, -0.1) is 0 Å². The molecule has 0 aliphatic carbocycles. The van der Waals surface area contributed by atoms with E-state index in [0.717, 1.165) is 44.6 Å². The smallest absolute Gasteiger partial charge is 0.292 e. The van der Waals surface area contributed by atoms with E-state index in [-0.39, 0.29) is 10.6 Å². The molecule has 0 spiro atoms. The second-order valence-electron chi connectivity index (χ2n) is 5.12. The van der Waals surface area contributed by atoms with Crippen LogP contribution in [0.1, 0.15) is 25.3 Å². The third kappa shape index (κ3) is 6.10. The van der Waals surface area contributed by atoms with Crippen LogP contribution in [0.3, 0.4) is 0 Å². The molecule has 6 heteroatoms. The summed E-state index contributed by atoms with van der Waals surface area (Å²) in [7, 11) is 3.73. The summed E-state index contributed by atoms with van der Waals surface area (Å²) in [5.74, 6) is 0. The van der Waals surface area contributed by atoms with Crippen molar-refractivity contribution in [2.75, 3.05) is 39.2 Å². The van der Waals surface area contributed by atoms with Crippen LogP contribution in [-0.2, 0) is 11.3 Å². The van der Waals surface area contributed by atoms with Crippen molar-refractivity contribution in [2.24, 2.45) is 0 Å². The standard InChI is InChI=1S/C15H25N3O3/c1-4-8-16-14-11-13(6-7-15(14)18(19)20)12-17(2)9-5-10-21-3/h6-7,11,16H,4-5,8-10,12H2,1-3H3. The summed E-state index contributed by atoms with van der Waals surface area (Å²) >= 11 is 0. The fourth-order valence-electron chi connectivity index (χ4n) is 2.11. The van der Waals surface area contributed by atoms with Crippen molar-refractivity contribution in [3.05, 3.63) is 33.9 Å². The number of hydrogen-bond acceptors (Lipinski definition) is 5. The highest BCUT2D eigenvalue weighted by Crippen LogP contribution is 2.26. The maximum absolute atomic E-state index is 11.0. The van der Waals surface area contributed by atoms with Gasteiger partial charge in [0, 0.05) is 39.4 Å². The van der Waals surface area contributed by atoms with E-state index in [1.807, 2.05) is 26.1 Å². The van der Waals surface area contributed by atoms with Crippen LogP contribution >= 0.6 is 0 Å². The Bertz CT molecular complexity index is 452. The first-order chi connectivity index (χ1) is 10.1. The lowest BCUT2D eigenvalue weighted by Crippen LogP contribution is -2.20. The molecule has 0 fully saturated rings. The van der Waals surface area contributed by atoms with Crippen LogP contribution < -0.4 is 5.32 Å². The van der Waals surface area contributed by atoms with Gasteiger partial charge in [-0.1, -0.05) is 13.0 Å². The molecule has 0 saturated carbocycles. The Hall–Kier alpha value is -1.66. The number of anilines is 1. The second kappa shape index (κ2) is 9.31. The van der Waals surface area contributed by atoms with Gasteiger partial charge in [0.2, 0.25) is 0 Å². The minimum absolute atomic E-state index is 0.134. The highest BCUT2D eigenvalue weighted by Gasteiger charge is 2.14. The van der Waals surface area contributed by atoms with Gasteiger partial charge in [0.25, 0.3) is 5.69 Å². The van der Waals surface area contributed by atoms with Gasteiger partial charge in [-0.05, 0) is 31.5 Å². The zero-order chi connectivity index (χ0) is 15.7. The summed E-state index contributed by atoms with van der Waals surface area (Å²) in [5.41, 5.74) is 1.80. The lowest BCUT2D eigenvalue weighted by molar-refractivity contribution is -0.384. The normalized spacial score (nSPS) is 10.9. The monoisotopic (exact) mass is 295 g/mol. The third-order valence-corrected chi connectivity index (χ3v) is 3.16. The van der Waals surface area contributed by atoms with Crippen LogP contribution in [0.5, 0.6) is 0 Å². The van der Waals surface area contributed by atoms with Crippen molar-refractivity contribution in [1.82, 2.24) is 4.90 Å². The Morgan fingerprint density at radius 2 is 2.19 bits per heavy atom. The largest absolute Gasteiger partial charge is 0.385 e. The molecule has 118 valence electrons. The van der Waals surface area contributed by atoms with Crippen molar-refractivity contribution in [3.8, 4) is 0 Å². The summed E-state index contributed by atoms with van der Waals surface area (Å²) in [5, 5.41) is 14.2. The maximum Gasteiger partial charge on any atom is 0.292 e. The Morgan fingerprint density at radius 3 is 2.81 bits per heavy atom. The minimum Gasteiger partial charge on any atom is -0.385 e. The van der Waals surface area contributed by atoms with Crippen molar-refractivity contribution < 1.29 is 9.66 Å². The van der Waals surface area contributed by atoms with E-state index < -0.39 is 0 Å². The molecule has 0 aliphatic heterocycles. The van der Waals surface area contributed by atoms with Gasteiger partial charge in [-0.3, -0.25) is 10.1 Å². The number of hydrogen-bond donors (Lipinski definition) is 1. The van der Waals surface area contributed by atoms with E-state index in [2.05, 4.69) is 10.2 Å². The number of nitrogens with one attached hydrogen (secondary N) is 1. The lowest BCUT2D eigenvalue weighted by Gasteiger charge is -2.17. The Labute approximate surface area is 126 Å². The van der Waals surface area contributed by atoms with E-state index in [1.54, 1.807) is 13.2 Å². The van der Waals surface area contributed by atoms with Crippen molar-refractivity contribution in [1.29, 1.82) is 0 Å². The Kier molecular flexibility index (Phi) is 7.71. The van der Waals surface area contributed by atoms with Crippen molar-refractivity contribution in [2.45, 2.75) is 26.3 Å². The van der Waals surface area contributed by atoms with Crippen LogP contribution in [0.2, 0.25) is 0 Å². The van der Waals surface area contributed by atoms with Crippen LogP contribution in [0.4, 0.5) is 11.4 Å². The molecule has 0 amide bonds. The lowest BCUT2D eigenvalue weighted by atomic mass is 10.1. The van der Waals surface area contributed by atoms with Crippen LogP contribution in [-0.4, -0.2) is 43.7 Å². The molecule has 21 heavy (non-hydrogen) atoms. The quantitative estimate of drug-likeness (QED) is 0.408. The van der Waals surface area contributed by atoms with E-state index in [4.69, 9.17) is 4.74 Å². The molecule has 0 aliphatic rings. The molecule has 6 nitrogen and oxygen atoms in total. The molecule has 0 unspecified atom stereocenters. The summed E-state index contributed by atoms with van der Waals surface area (Å²) in [6.45, 7) is 5.21. The molecule has 0 atom stereocenters. The highest BCUT2D eigenvalue weighted by atomic mass is 16.6. The van der Waals surface area contributed by atoms with Gasteiger partial charge in [0.15, 0.2) is 0 Å². The van der Waals surface area contributed by atoms with Gasteiger partial charge in [0.05, 0.1) is 4.92 Å². The highest BCUT2D eigenvalue weighted by molar-refractivity contribution is 5.62. The zero-order valence-corrected chi connectivity index (χ0v) is 13.1. The number of nitro groups is 1. The average molecular weight is 295 g/mol. The fraction of sp³-hybridized carbons (Fsp3) is 0.600. The first kappa shape index (κ1) is 17.4. The SMILES string of the molecule is CCCNc1cc(CN(C)CCCOC)ccc1[N+](=O)[O-]. The van der Waals surface area contributed by atoms with Crippen molar-refractivity contribution in [3.63, 3.8) is 0 Å². The first-order valence-corrected chi connectivity index (χ1v) is 7.27. The summed E-state index contributed by atoms with van der Waals surface area (Å²) in [6.07, 6.45) is 1.90. The average Bonchev–Trinajstić information content (AvgIpc) is 2.45. The molecule has 1 aromatic rings. The van der Waals surface area contributed by atoms with Gasteiger partial charge in [-0.25, -0.2) is 0 Å². The third-order valence-electron chi connectivity index (χ3n) is 3.16. The predicted octanol–water partition coefficient (Wildman–Crippen LogP) is 2.89. The number of ether oxygens (including phenoxy) is 1. The van der Waals surface area contributed by atoms with Crippen LogP contribution in [0, 0.1) is 10.1 Å². The number of nitrogens with zero attached hydrogens (tertiary/aromatic N) is 2. The number of nitro benzene ring substituents is 1. The second-order valence-corrected chi connectivity index (χ2v) is 5.12. The predicted molar refractivity (Wildman–Crippen MR) is 84.7 cm³/mol. The van der Waals surface area contributed by atoms with E-state index >= 15 is 0 Å². The molecule has 1 rings (SSSR count). The Balaban J connectivity index is 2.72. The minimum atomic E-state index is -0.343. The number of methoxy groups -OCH3 is 1. The molecule has 0 heterocycles. The molecular formula is C15H25N3O3. The summed E-state index contributed by atoms with van der Waals surface area (Å²) in [4.78, 5) is 12.9. The van der Waals surface area contributed by atoms with E-state index in [1.165, 1.54) is 0 Å². The molecule has 0 saturated heterocycles. The first-order valence-electron chi connectivity index (χ1n) is 7.27. The van der Waals surface area contributed by atoms with Gasteiger partial charge in [-0.2, -0.15) is 0 Å². The molecule has 0 bridgehead atoms.